The minimum atomic E-state index is -0.674. The lowest BCUT2D eigenvalue weighted by Crippen LogP contribution is -1.92. The lowest BCUT2D eigenvalue weighted by atomic mass is 10.6. The van der Waals surface area contributed by atoms with Gasteiger partial charge in [-0.25, -0.2) is 0 Å². The van der Waals surface area contributed by atoms with E-state index in [4.69, 9.17) is 15.5 Å². The summed E-state index contributed by atoms with van der Waals surface area (Å²) in [6.45, 7) is 0. The van der Waals surface area contributed by atoms with Crippen molar-refractivity contribution >= 4 is 7.92 Å². The SMILES string of the molecule is N#CCCP(CO)CO. The van der Waals surface area contributed by atoms with Crippen molar-refractivity contribution < 1.29 is 10.2 Å². The minimum absolute atomic E-state index is 0.0352. The molecule has 0 spiro atoms. The second kappa shape index (κ2) is 5.97. The first-order valence-corrected chi connectivity index (χ1v) is 4.56. The van der Waals surface area contributed by atoms with Gasteiger partial charge in [-0.2, -0.15) is 5.26 Å². The molecule has 3 nitrogen and oxygen atoms in total. The molecule has 0 aromatic rings. The Morgan fingerprint density at radius 3 is 2.22 bits per heavy atom. The van der Waals surface area contributed by atoms with E-state index in [1.165, 1.54) is 0 Å². The molecule has 0 bridgehead atoms. The number of nitrogens with zero attached hydrogens (tertiary/aromatic N) is 1. The van der Waals surface area contributed by atoms with Crippen molar-refractivity contribution in [3.8, 4) is 6.07 Å². The molecule has 0 heterocycles. The summed E-state index contributed by atoms with van der Waals surface area (Å²) in [6, 6.07) is 1.96. The van der Waals surface area contributed by atoms with Crippen molar-refractivity contribution in [1.82, 2.24) is 0 Å². The summed E-state index contributed by atoms with van der Waals surface area (Å²) in [7, 11) is -0.674. The van der Waals surface area contributed by atoms with E-state index in [1.54, 1.807) is 0 Å². The molecule has 52 valence electrons. The van der Waals surface area contributed by atoms with Gasteiger partial charge in [-0.3, -0.25) is 0 Å². The van der Waals surface area contributed by atoms with E-state index in [0.717, 1.165) is 0 Å². The van der Waals surface area contributed by atoms with Crippen LogP contribution in [0.25, 0.3) is 0 Å². The maximum atomic E-state index is 8.51. The van der Waals surface area contributed by atoms with Gasteiger partial charge in [0.25, 0.3) is 0 Å². The molecule has 0 atom stereocenters. The standard InChI is InChI=1S/C5H10NO2P/c6-2-1-3-9(4-7)5-8/h7-8H,1,3-5H2. The van der Waals surface area contributed by atoms with E-state index < -0.39 is 7.92 Å². The summed E-state index contributed by atoms with van der Waals surface area (Å²) in [4.78, 5) is 0. The van der Waals surface area contributed by atoms with E-state index in [2.05, 4.69) is 0 Å². The predicted molar refractivity (Wildman–Crippen MR) is 36.2 cm³/mol. The molecule has 0 rings (SSSR count). The van der Waals surface area contributed by atoms with Crippen LogP contribution in [-0.4, -0.2) is 29.1 Å². The van der Waals surface area contributed by atoms with Crippen LogP contribution in [0, 0.1) is 11.3 Å². The summed E-state index contributed by atoms with van der Waals surface area (Å²) in [5.41, 5.74) is 0. The van der Waals surface area contributed by atoms with Gasteiger partial charge < -0.3 is 10.2 Å². The zero-order chi connectivity index (χ0) is 7.11. The molecule has 0 amide bonds. The second-order valence-electron chi connectivity index (χ2n) is 1.59. The third-order valence-electron chi connectivity index (χ3n) is 0.940. The average Bonchev–Trinajstić information content (AvgIpc) is 1.91. The van der Waals surface area contributed by atoms with Gasteiger partial charge in [0.05, 0.1) is 18.8 Å². The van der Waals surface area contributed by atoms with Crippen LogP contribution in [-0.2, 0) is 0 Å². The van der Waals surface area contributed by atoms with Crippen LogP contribution in [0.4, 0.5) is 0 Å². The maximum Gasteiger partial charge on any atom is 0.0646 e. The molecule has 0 aromatic carbocycles. The van der Waals surface area contributed by atoms with E-state index in [-0.39, 0.29) is 12.7 Å². The summed E-state index contributed by atoms with van der Waals surface area (Å²) < 4.78 is 0. The van der Waals surface area contributed by atoms with Gasteiger partial charge in [0, 0.05) is 6.42 Å². The molecule has 0 aliphatic rings. The highest BCUT2D eigenvalue weighted by Gasteiger charge is 2.02. The fourth-order valence-electron chi connectivity index (χ4n) is 0.394. The number of aliphatic hydroxyl groups excluding tert-OH is 2. The Bertz CT molecular complexity index is 97.6. The van der Waals surface area contributed by atoms with Crippen LogP contribution in [0.2, 0.25) is 0 Å². The zero-order valence-electron chi connectivity index (χ0n) is 5.12. The fourth-order valence-corrected chi connectivity index (χ4v) is 1.18. The number of rotatable bonds is 4. The Morgan fingerprint density at radius 1 is 1.33 bits per heavy atom. The molecule has 0 aromatic heterocycles. The van der Waals surface area contributed by atoms with Crippen molar-refractivity contribution in [1.29, 1.82) is 5.26 Å². The molecule has 0 unspecified atom stereocenters. The molecule has 0 saturated carbocycles. The van der Waals surface area contributed by atoms with Gasteiger partial charge in [0.2, 0.25) is 0 Å². The van der Waals surface area contributed by atoms with Gasteiger partial charge in [-0.15, -0.1) is 0 Å². The predicted octanol–water partition coefficient (Wildman–Crippen LogP) is 0.282. The second-order valence-corrected chi connectivity index (χ2v) is 3.94. The van der Waals surface area contributed by atoms with E-state index in [9.17, 15) is 0 Å². The van der Waals surface area contributed by atoms with E-state index >= 15 is 0 Å². The van der Waals surface area contributed by atoms with E-state index in [0.29, 0.717) is 12.6 Å². The Kier molecular flexibility index (Phi) is 5.86. The van der Waals surface area contributed by atoms with Gasteiger partial charge in [0.15, 0.2) is 0 Å². The van der Waals surface area contributed by atoms with Gasteiger partial charge in [-0.1, -0.05) is 7.92 Å². The maximum absolute atomic E-state index is 8.51. The first kappa shape index (κ1) is 8.84. The highest BCUT2D eigenvalue weighted by molar-refractivity contribution is 7.57. The topological polar surface area (TPSA) is 64.2 Å². The van der Waals surface area contributed by atoms with Crippen molar-refractivity contribution in [3.05, 3.63) is 0 Å². The molecule has 9 heavy (non-hydrogen) atoms. The molecular formula is C5H10NO2P. The van der Waals surface area contributed by atoms with Gasteiger partial charge in [0.1, 0.15) is 0 Å². The molecule has 0 radical (unpaired) electrons. The van der Waals surface area contributed by atoms with Crippen LogP contribution in [0.5, 0.6) is 0 Å². The van der Waals surface area contributed by atoms with Crippen molar-refractivity contribution in [2.24, 2.45) is 0 Å². The minimum Gasteiger partial charge on any atom is -0.392 e. The Hall–Kier alpha value is -0.160. The summed E-state index contributed by atoms with van der Waals surface area (Å²) in [5, 5.41) is 25.1. The number of hydrogen-bond acceptors (Lipinski definition) is 3. The lowest BCUT2D eigenvalue weighted by Gasteiger charge is -2.06. The van der Waals surface area contributed by atoms with Crippen LogP contribution in [0.15, 0.2) is 0 Å². The largest absolute Gasteiger partial charge is 0.392 e. The fraction of sp³-hybridized carbons (Fsp3) is 0.800. The van der Waals surface area contributed by atoms with Crippen LogP contribution in [0.3, 0.4) is 0 Å². The summed E-state index contributed by atoms with van der Waals surface area (Å²) >= 11 is 0. The molecule has 4 heteroatoms. The lowest BCUT2D eigenvalue weighted by molar-refractivity contribution is 0.343. The third kappa shape index (κ3) is 4.35. The van der Waals surface area contributed by atoms with Gasteiger partial charge in [-0.05, 0) is 6.16 Å². The number of nitriles is 1. The first-order chi connectivity index (χ1) is 4.35. The quantitative estimate of drug-likeness (QED) is 0.561. The summed E-state index contributed by atoms with van der Waals surface area (Å²) in [6.07, 6.45) is 1.16. The Morgan fingerprint density at radius 2 is 1.89 bits per heavy atom. The molecule has 0 aliphatic carbocycles. The van der Waals surface area contributed by atoms with Crippen molar-refractivity contribution in [2.75, 3.05) is 18.9 Å². The Balaban J connectivity index is 3.22. The molecule has 0 saturated heterocycles. The molecular weight excluding hydrogens is 137 g/mol. The van der Waals surface area contributed by atoms with Crippen molar-refractivity contribution in [2.45, 2.75) is 6.42 Å². The van der Waals surface area contributed by atoms with Crippen molar-refractivity contribution in [3.63, 3.8) is 0 Å². The molecule has 0 fully saturated rings. The van der Waals surface area contributed by atoms with E-state index in [1.807, 2.05) is 6.07 Å². The highest BCUT2D eigenvalue weighted by Crippen LogP contribution is 2.32. The Labute approximate surface area is 55.7 Å². The highest BCUT2D eigenvalue weighted by atomic mass is 31.1. The molecule has 2 N–H and O–H groups in total. The zero-order valence-corrected chi connectivity index (χ0v) is 6.01. The van der Waals surface area contributed by atoms with Crippen LogP contribution < -0.4 is 0 Å². The number of hydrogen-bond donors (Lipinski definition) is 2. The van der Waals surface area contributed by atoms with Gasteiger partial charge >= 0.3 is 0 Å². The first-order valence-electron chi connectivity index (χ1n) is 2.66. The average molecular weight is 147 g/mol. The normalized spacial score (nSPS) is 9.56. The number of aliphatic hydroxyl groups is 2. The van der Waals surface area contributed by atoms with Crippen LogP contribution in [0.1, 0.15) is 6.42 Å². The monoisotopic (exact) mass is 147 g/mol. The summed E-state index contributed by atoms with van der Waals surface area (Å²) in [5.74, 6) is 0. The van der Waals surface area contributed by atoms with Crippen LogP contribution >= 0.6 is 7.92 Å². The smallest absolute Gasteiger partial charge is 0.0646 e. The molecule has 0 aliphatic heterocycles. The third-order valence-corrected chi connectivity index (χ3v) is 2.60.